The van der Waals surface area contributed by atoms with Crippen molar-refractivity contribution < 1.29 is 14.2 Å². The van der Waals surface area contributed by atoms with Crippen LogP contribution in [0.3, 0.4) is 0 Å². The molecular weight excluding hydrogens is 440 g/mol. The van der Waals surface area contributed by atoms with Crippen molar-refractivity contribution in [2.24, 2.45) is 5.92 Å². The highest BCUT2D eigenvalue weighted by Crippen LogP contribution is 2.31. The minimum Gasteiger partial charge on any atom is -0.490 e. The molecule has 1 saturated carbocycles. The molecule has 7 nitrogen and oxygen atoms in total. The molecule has 0 amide bonds. The normalized spacial score (nSPS) is 20.9. The summed E-state index contributed by atoms with van der Waals surface area (Å²) < 4.78 is 17.6. The number of nitrogens with one attached hydrogen (secondary N) is 2. The third-order valence-electron chi connectivity index (χ3n) is 6.62. The molecule has 1 saturated heterocycles. The first-order valence-corrected chi connectivity index (χ1v) is 12.0. The van der Waals surface area contributed by atoms with Gasteiger partial charge in [-0.15, -0.1) is 12.4 Å². The molecule has 1 aliphatic carbocycles. The maximum atomic E-state index is 6.15. The summed E-state index contributed by atoms with van der Waals surface area (Å²) in [4.78, 5) is 2.29. The standard InChI is InChI=1S/C25H38N4O3.ClH/c1-26-10-11-29(2)18-21-17-27-28-25(21)20-3-5-22(6-4-20)32-24-15-23(16-24)31-14-9-19-7-12-30-13-8-19;/h3-6,17,19,23-24,26H,7-16,18H2,1-2H3,(H,27,28);1H. The number of benzene rings is 1. The maximum absolute atomic E-state index is 6.15. The highest BCUT2D eigenvalue weighted by atomic mass is 35.5. The largest absolute Gasteiger partial charge is 0.490 e. The Morgan fingerprint density at radius 2 is 1.91 bits per heavy atom. The highest BCUT2D eigenvalue weighted by molar-refractivity contribution is 5.85. The van der Waals surface area contributed by atoms with Crippen molar-refractivity contribution in [2.75, 3.05) is 47.0 Å². The van der Waals surface area contributed by atoms with Gasteiger partial charge in [-0.05, 0) is 63.5 Å². The SMILES string of the molecule is CNCCN(C)Cc1cn[nH]c1-c1ccc(OC2CC(OCCC3CCOCC3)C2)cc1.Cl. The second kappa shape index (κ2) is 13.3. The van der Waals surface area contributed by atoms with Crippen LogP contribution in [0, 0.1) is 5.92 Å². The summed E-state index contributed by atoms with van der Waals surface area (Å²) in [5, 5.41) is 10.6. The molecule has 2 N–H and O–H groups in total. The molecule has 0 radical (unpaired) electrons. The summed E-state index contributed by atoms with van der Waals surface area (Å²) in [7, 11) is 4.11. The first-order valence-electron chi connectivity index (χ1n) is 12.0. The van der Waals surface area contributed by atoms with Crippen LogP contribution in [0.15, 0.2) is 30.5 Å². The zero-order valence-electron chi connectivity index (χ0n) is 19.9. The van der Waals surface area contributed by atoms with Crippen LogP contribution in [0.2, 0.25) is 0 Å². The van der Waals surface area contributed by atoms with E-state index in [0.717, 1.165) is 81.6 Å². The monoisotopic (exact) mass is 478 g/mol. The van der Waals surface area contributed by atoms with Crippen molar-refractivity contribution in [3.63, 3.8) is 0 Å². The van der Waals surface area contributed by atoms with Gasteiger partial charge < -0.3 is 24.4 Å². The smallest absolute Gasteiger partial charge is 0.119 e. The summed E-state index contributed by atoms with van der Waals surface area (Å²) in [6, 6.07) is 8.34. The summed E-state index contributed by atoms with van der Waals surface area (Å²) in [5.74, 6) is 1.70. The maximum Gasteiger partial charge on any atom is 0.119 e. The first-order chi connectivity index (χ1) is 15.7. The molecule has 0 atom stereocenters. The second-order valence-electron chi connectivity index (χ2n) is 9.18. The minimum absolute atomic E-state index is 0. The van der Waals surface area contributed by atoms with Gasteiger partial charge in [-0.2, -0.15) is 5.10 Å². The van der Waals surface area contributed by atoms with Crippen LogP contribution >= 0.6 is 12.4 Å². The van der Waals surface area contributed by atoms with E-state index in [0.29, 0.717) is 6.10 Å². The van der Waals surface area contributed by atoms with Crippen LogP contribution in [0.5, 0.6) is 5.75 Å². The number of H-pyrrole nitrogens is 1. The van der Waals surface area contributed by atoms with E-state index < -0.39 is 0 Å². The van der Waals surface area contributed by atoms with E-state index in [9.17, 15) is 0 Å². The highest BCUT2D eigenvalue weighted by Gasteiger charge is 2.31. The molecular formula is C25H39ClN4O3. The van der Waals surface area contributed by atoms with E-state index in [1.165, 1.54) is 18.4 Å². The summed E-state index contributed by atoms with van der Waals surface area (Å²) in [6.45, 7) is 5.53. The predicted molar refractivity (Wildman–Crippen MR) is 133 cm³/mol. The Bertz CT molecular complexity index is 804. The van der Waals surface area contributed by atoms with Gasteiger partial charge in [0.25, 0.3) is 0 Å². The Balaban J connectivity index is 0.00000306. The molecule has 8 heteroatoms. The van der Waals surface area contributed by atoms with Gasteiger partial charge in [0.1, 0.15) is 11.9 Å². The lowest BCUT2D eigenvalue weighted by Crippen LogP contribution is -2.39. The van der Waals surface area contributed by atoms with Crippen LogP contribution in [-0.4, -0.2) is 74.3 Å². The van der Waals surface area contributed by atoms with Crippen molar-refractivity contribution in [1.82, 2.24) is 20.4 Å². The van der Waals surface area contributed by atoms with Crippen molar-refractivity contribution in [3.8, 4) is 17.0 Å². The molecule has 4 rings (SSSR count). The van der Waals surface area contributed by atoms with E-state index in [-0.39, 0.29) is 18.5 Å². The molecule has 1 aromatic carbocycles. The lowest BCUT2D eigenvalue weighted by atomic mass is 9.91. The van der Waals surface area contributed by atoms with E-state index in [1.807, 2.05) is 13.2 Å². The average molecular weight is 479 g/mol. The van der Waals surface area contributed by atoms with Crippen molar-refractivity contribution in [2.45, 2.75) is 50.9 Å². The third kappa shape index (κ3) is 7.69. The topological polar surface area (TPSA) is 71.6 Å². The molecule has 2 aliphatic rings. The molecule has 184 valence electrons. The molecule has 2 aromatic rings. The number of likely N-dealkylation sites (N-methyl/N-ethyl adjacent to an activating group) is 2. The van der Waals surface area contributed by atoms with Crippen LogP contribution in [0.25, 0.3) is 11.3 Å². The molecule has 1 aromatic heterocycles. The van der Waals surface area contributed by atoms with E-state index in [1.54, 1.807) is 0 Å². The van der Waals surface area contributed by atoms with Crippen LogP contribution in [-0.2, 0) is 16.0 Å². The van der Waals surface area contributed by atoms with Crippen molar-refractivity contribution >= 4 is 12.4 Å². The predicted octanol–water partition coefficient (Wildman–Crippen LogP) is 3.89. The summed E-state index contributed by atoms with van der Waals surface area (Å²) >= 11 is 0. The molecule has 2 heterocycles. The zero-order chi connectivity index (χ0) is 22.2. The van der Waals surface area contributed by atoms with Crippen LogP contribution in [0.1, 0.15) is 37.7 Å². The molecule has 0 spiro atoms. The quantitative estimate of drug-likeness (QED) is 0.482. The number of aromatic nitrogens is 2. The molecule has 1 aliphatic heterocycles. The lowest BCUT2D eigenvalue weighted by molar-refractivity contribution is -0.0665. The average Bonchev–Trinajstić information content (AvgIpc) is 3.25. The fourth-order valence-corrected chi connectivity index (χ4v) is 4.43. The molecule has 2 fully saturated rings. The molecule has 33 heavy (non-hydrogen) atoms. The van der Waals surface area contributed by atoms with Gasteiger partial charge in [-0.25, -0.2) is 0 Å². The first kappa shape index (κ1) is 26.0. The van der Waals surface area contributed by atoms with Gasteiger partial charge in [-0.1, -0.05) is 0 Å². The fraction of sp³-hybridized carbons (Fsp3) is 0.640. The number of hydrogen-bond donors (Lipinski definition) is 2. The Morgan fingerprint density at radius 3 is 2.64 bits per heavy atom. The molecule has 0 bridgehead atoms. The van der Waals surface area contributed by atoms with Gasteiger partial charge >= 0.3 is 0 Å². The Hall–Kier alpha value is -1.64. The van der Waals surface area contributed by atoms with Crippen molar-refractivity contribution in [3.05, 3.63) is 36.0 Å². The summed E-state index contributed by atoms with van der Waals surface area (Å²) in [5.41, 5.74) is 3.42. The van der Waals surface area contributed by atoms with Gasteiger partial charge in [0.15, 0.2) is 0 Å². The Morgan fingerprint density at radius 1 is 1.15 bits per heavy atom. The summed E-state index contributed by atoms with van der Waals surface area (Å²) in [6.07, 6.45) is 8.04. The Labute approximate surface area is 204 Å². The number of nitrogens with zero attached hydrogens (tertiary/aromatic N) is 2. The second-order valence-corrected chi connectivity index (χ2v) is 9.18. The van der Waals surface area contributed by atoms with Gasteiger partial charge in [0, 0.05) is 63.4 Å². The number of aromatic amines is 1. The van der Waals surface area contributed by atoms with Crippen LogP contribution < -0.4 is 10.1 Å². The minimum atomic E-state index is 0. The van der Waals surface area contributed by atoms with Gasteiger partial charge in [-0.3, -0.25) is 5.10 Å². The lowest BCUT2D eigenvalue weighted by Gasteiger charge is -2.35. The molecule has 0 unspecified atom stereocenters. The van der Waals surface area contributed by atoms with Crippen LogP contribution in [0.4, 0.5) is 0 Å². The van der Waals surface area contributed by atoms with E-state index in [4.69, 9.17) is 14.2 Å². The third-order valence-corrected chi connectivity index (χ3v) is 6.62. The zero-order valence-corrected chi connectivity index (χ0v) is 20.7. The van der Waals surface area contributed by atoms with E-state index >= 15 is 0 Å². The number of rotatable bonds is 12. The van der Waals surface area contributed by atoms with Gasteiger partial charge in [0.05, 0.1) is 18.0 Å². The van der Waals surface area contributed by atoms with E-state index in [2.05, 4.69) is 51.7 Å². The number of ether oxygens (including phenoxy) is 3. The van der Waals surface area contributed by atoms with Gasteiger partial charge in [0.2, 0.25) is 0 Å². The van der Waals surface area contributed by atoms with Crippen molar-refractivity contribution in [1.29, 1.82) is 0 Å². The number of hydrogen-bond acceptors (Lipinski definition) is 6. The number of halogens is 1. The fourth-order valence-electron chi connectivity index (χ4n) is 4.43. The Kier molecular flexibility index (Phi) is 10.5.